The lowest BCUT2D eigenvalue weighted by molar-refractivity contribution is -0.145. The topological polar surface area (TPSA) is 124 Å². The van der Waals surface area contributed by atoms with Crippen LogP contribution in [0.5, 0.6) is 0 Å². The molecule has 7 heteroatoms. The fourth-order valence-electron chi connectivity index (χ4n) is 3.28. The number of aliphatic hydroxyl groups is 2. The number of hydrogen-bond acceptors (Lipinski definition) is 5. The zero-order chi connectivity index (χ0) is 17.8. The van der Waals surface area contributed by atoms with E-state index in [-0.39, 0.29) is 18.4 Å². The summed E-state index contributed by atoms with van der Waals surface area (Å²) in [6.07, 6.45) is 0.779. The Morgan fingerprint density at radius 3 is 2.26 bits per heavy atom. The molecule has 1 aliphatic rings. The van der Waals surface area contributed by atoms with Gasteiger partial charge in [0, 0.05) is 25.0 Å². The normalized spacial score (nSPS) is 23.5. The number of hydrogen-bond donors (Lipinski definition) is 4. The number of carboxylic acid groups (broad SMARTS) is 1. The van der Waals surface area contributed by atoms with Crippen LogP contribution in [0.4, 0.5) is 0 Å². The number of aliphatic hydroxyl groups excluding tert-OH is 1. The van der Waals surface area contributed by atoms with Crippen LogP contribution in [0, 0.1) is 11.8 Å². The minimum atomic E-state index is -1.28. The predicted octanol–water partition coefficient (Wildman–Crippen LogP) is -0.0390. The zero-order valence-corrected chi connectivity index (χ0v) is 13.8. The highest BCUT2D eigenvalue weighted by molar-refractivity contribution is 5.79. The molecule has 7 nitrogen and oxygen atoms in total. The maximum Gasteiger partial charge on any atom is 0.306 e. The fourth-order valence-corrected chi connectivity index (χ4v) is 3.28. The SMILES string of the molecule is C=CC(C(O)C(N)=O)C(C)C(C)N1CCC(O)(CC(=O)O)CC1. The van der Waals surface area contributed by atoms with E-state index in [1.165, 1.54) is 0 Å². The van der Waals surface area contributed by atoms with Crippen molar-refractivity contribution >= 4 is 11.9 Å². The molecule has 1 fully saturated rings. The molecule has 0 radical (unpaired) electrons. The molecule has 4 atom stereocenters. The molecule has 1 amide bonds. The predicted molar refractivity (Wildman–Crippen MR) is 85.5 cm³/mol. The molecule has 0 aromatic rings. The first-order valence-electron chi connectivity index (χ1n) is 7.89. The van der Waals surface area contributed by atoms with Gasteiger partial charge >= 0.3 is 5.97 Å². The monoisotopic (exact) mass is 328 g/mol. The Labute approximate surface area is 136 Å². The summed E-state index contributed by atoms with van der Waals surface area (Å²) in [5.41, 5.74) is 4.01. The third-order valence-electron chi connectivity index (χ3n) is 5.08. The third kappa shape index (κ3) is 5.02. The Balaban J connectivity index is 2.68. The van der Waals surface area contributed by atoms with Gasteiger partial charge in [0.05, 0.1) is 12.0 Å². The highest BCUT2D eigenvalue weighted by Crippen LogP contribution is 2.30. The van der Waals surface area contributed by atoms with Crippen LogP contribution < -0.4 is 5.73 Å². The van der Waals surface area contributed by atoms with E-state index in [1.807, 2.05) is 13.8 Å². The number of carbonyl (C=O) groups excluding carboxylic acids is 1. The van der Waals surface area contributed by atoms with Gasteiger partial charge in [-0.2, -0.15) is 0 Å². The lowest BCUT2D eigenvalue weighted by Gasteiger charge is -2.43. The van der Waals surface area contributed by atoms with Crippen LogP contribution in [0.3, 0.4) is 0 Å². The molecule has 4 unspecified atom stereocenters. The lowest BCUT2D eigenvalue weighted by atomic mass is 9.81. The van der Waals surface area contributed by atoms with Crippen molar-refractivity contribution < 1.29 is 24.9 Å². The fraction of sp³-hybridized carbons (Fsp3) is 0.750. The summed E-state index contributed by atoms with van der Waals surface area (Å²) >= 11 is 0. The number of carbonyl (C=O) groups is 2. The second kappa shape index (κ2) is 7.90. The zero-order valence-electron chi connectivity index (χ0n) is 13.8. The Kier molecular flexibility index (Phi) is 6.73. The van der Waals surface area contributed by atoms with Crippen molar-refractivity contribution in [1.29, 1.82) is 0 Å². The van der Waals surface area contributed by atoms with E-state index in [1.54, 1.807) is 6.08 Å². The molecule has 0 aliphatic carbocycles. The molecule has 0 spiro atoms. The van der Waals surface area contributed by atoms with E-state index < -0.39 is 29.5 Å². The van der Waals surface area contributed by atoms with Crippen molar-refractivity contribution in [2.75, 3.05) is 13.1 Å². The number of carboxylic acids is 1. The van der Waals surface area contributed by atoms with Crippen LogP contribution in [0.2, 0.25) is 0 Å². The maximum absolute atomic E-state index is 11.2. The Bertz CT molecular complexity index is 446. The second-order valence-corrected chi connectivity index (χ2v) is 6.59. The first kappa shape index (κ1) is 19.6. The number of nitrogens with zero attached hydrogens (tertiary/aromatic N) is 1. The van der Waals surface area contributed by atoms with Crippen LogP contribution in [-0.4, -0.2) is 62.9 Å². The van der Waals surface area contributed by atoms with Gasteiger partial charge < -0.3 is 26.0 Å². The second-order valence-electron chi connectivity index (χ2n) is 6.59. The van der Waals surface area contributed by atoms with Gasteiger partial charge in [0.15, 0.2) is 0 Å². The van der Waals surface area contributed by atoms with E-state index in [9.17, 15) is 19.8 Å². The molecule has 132 valence electrons. The van der Waals surface area contributed by atoms with Crippen molar-refractivity contribution in [3.05, 3.63) is 12.7 Å². The summed E-state index contributed by atoms with van der Waals surface area (Å²) < 4.78 is 0. The Morgan fingerprint density at radius 1 is 1.35 bits per heavy atom. The van der Waals surface area contributed by atoms with E-state index in [4.69, 9.17) is 10.8 Å². The van der Waals surface area contributed by atoms with Crippen LogP contribution in [0.1, 0.15) is 33.1 Å². The number of amides is 1. The Hall–Kier alpha value is -1.44. The van der Waals surface area contributed by atoms with Crippen molar-refractivity contribution in [2.45, 2.75) is 50.9 Å². The molecule has 1 rings (SSSR count). The van der Waals surface area contributed by atoms with E-state index in [0.717, 1.165) is 0 Å². The molecule has 0 saturated carbocycles. The average Bonchev–Trinajstić information content (AvgIpc) is 2.46. The first-order chi connectivity index (χ1) is 10.6. The molecule has 0 aromatic carbocycles. The van der Waals surface area contributed by atoms with Crippen LogP contribution in [0.25, 0.3) is 0 Å². The molecular formula is C16H28N2O5. The number of aliphatic carboxylic acids is 1. The number of primary amides is 1. The van der Waals surface area contributed by atoms with Crippen LogP contribution in [0.15, 0.2) is 12.7 Å². The van der Waals surface area contributed by atoms with Crippen LogP contribution in [-0.2, 0) is 9.59 Å². The largest absolute Gasteiger partial charge is 0.481 e. The van der Waals surface area contributed by atoms with Gasteiger partial charge in [0.2, 0.25) is 5.91 Å². The highest BCUT2D eigenvalue weighted by Gasteiger charge is 2.38. The van der Waals surface area contributed by atoms with E-state index >= 15 is 0 Å². The van der Waals surface area contributed by atoms with Gasteiger partial charge in [0.25, 0.3) is 0 Å². The molecule has 1 aliphatic heterocycles. The number of likely N-dealkylation sites (tertiary alicyclic amines) is 1. The lowest BCUT2D eigenvalue weighted by Crippen LogP contribution is -2.52. The van der Waals surface area contributed by atoms with Gasteiger partial charge in [0.1, 0.15) is 6.10 Å². The van der Waals surface area contributed by atoms with Crippen LogP contribution >= 0.6 is 0 Å². The highest BCUT2D eigenvalue weighted by atomic mass is 16.4. The summed E-state index contributed by atoms with van der Waals surface area (Å²) in [6.45, 7) is 8.70. The smallest absolute Gasteiger partial charge is 0.306 e. The molecular weight excluding hydrogens is 300 g/mol. The first-order valence-corrected chi connectivity index (χ1v) is 7.89. The summed E-state index contributed by atoms with van der Waals surface area (Å²) in [7, 11) is 0. The molecule has 5 N–H and O–H groups in total. The van der Waals surface area contributed by atoms with Crippen molar-refractivity contribution in [3.8, 4) is 0 Å². The molecule has 1 saturated heterocycles. The van der Waals surface area contributed by atoms with Crippen molar-refractivity contribution in [2.24, 2.45) is 17.6 Å². The number of rotatable bonds is 8. The summed E-state index contributed by atoms with van der Waals surface area (Å²) in [5.74, 6) is -2.30. The minimum absolute atomic E-state index is 0.0291. The Morgan fingerprint density at radius 2 is 1.87 bits per heavy atom. The quantitative estimate of drug-likeness (QED) is 0.464. The maximum atomic E-state index is 11.2. The summed E-state index contributed by atoms with van der Waals surface area (Å²) in [4.78, 5) is 24.2. The van der Waals surface area contributed by atoms with Gasteiger partial charge in [-0.05, 0) is 25.7 Å². The third-order valence-corrected chi connectivity index (χ3v) is 5.08. The van der Waals surface area contributed by atoms with Gasteiger partial charge in [-0.3, -0.25) is 9.59 Å². The van der Waals surface area contributed by atoms with E-state index in [2.05, 4.69) is 11.5 Å². The number of nitrogens with two attached hydrogens (primary N) is 1. The van der Waals surface area contributed by atoms with Gasteiger partial charge in [-0.1, -0.05) is 13.0 Å². The summed E-state index contributed by atoms with van der Waals surface area (Å²) in [6, 6.07) is 0.0291. The van der Waals surface area contributed by atoms with E-state index in [0.29, 0.717) is 25.9 Å². The van der Waals surface area contributed by atoms with Gasteiger partial charge in [-0.25, -0.2) is 0 Å². The van der Waals surface area contributed by atoms with Crippen molar-refractivity contribution in [3.63, 3.8) is 0 Å². The molecule has 1 heterocycles. The summed E-state index contributed by atoms with van der Waals surface area (Å²) in [5, 5.41) is 29.0. The molecule has 23 heavy (non-hydrogen) atoms. The number of piperidine rings is 1. The van der Waals surface area contributed by atoms with Gasteiger partial charge in [-0.15, -0.1) is 6.58 Å². The molecule has 0 bridgehead atoms. The molecule has 0 aromatic heterocycles. The van der Waals surface area contributed by atoms with Crippen molar-refractivity contribution in [1.82, 2.24) is 4.90 Å². The average molecular weight is 328 g/mol. The standard InChI is InChI=1S/C16H28N2O5/c1-4-12(14(21)15(17)22)10(2)11(3)18-7-5-16(23,6-8-18)9-13(19)20/h4,10-12,14,21,23H,1,5-9H2,2-3H3,(H2,17,22)(H,19,20). The minimum Gasteiger partial charge on any atom is -0.481 e.